The van der Waals surface area contributed by atoms with Crippen LogP contribution in [0.4, 0.5) is 0 Å². The van der Waals surface area contributed by atoms with Crippen LogP contribution in [0.3, 0.4) is 0 Å². The van der Waals surface area contributed by atoms with Crippen molar-refractivity contribution in [3.63, 3.8) is 0 Å². The van der Waals surface area contributed by atoms with E-state index in [4.69, 9.17) is 15.3 Å². The van der Waals surface area contributed by atoms with Gasteiger partial charge in [0.2, 0.25) is 0 Å². The van der Waals surface area contributed by atoms with Crippen molar-refractivity contribution in [2.75, 3.05) is 19.8 Å². The summed E-state index contributed by atoms with van der Waals surface area (Å²) in [6.07, 6.45) is 5.07. The lowest BCUT2D eigenvalue weighted by Crippen LogP contribution is -2.37. The Morgan fingerprint density at radius 1 is 1.71 bits per heavy atom. The molecule has 0 saturated carbocycles. The first kappa shape index (κ1) is 11.5. The predicted octanol–water partition coefficient (Wildman–Crippen LogP) is 0.939. The van der Waals surface area contributed by atoms with E-state index in [1.807, 2.05) is 6.92 Å². The van der Waals surface area contributed by atoms with Crippen molar-refractivity contribution in [1.82, 2.24) is 5.43 Å². The standard InChI is InChI=1S/C10H20N2O2/c1-2-13-7-3-5-9(12-11)10-6-4-8-14-10/h6,9,12H,2-5,7-8,11H2,1H3. The molecule has 3 N–H and O–H groups in total. The molecule has 0 aromatic rings. The molecule has 14 heavy (non-hydrogen) atoms. The molecule has 1 aliphatic rings. The lowest BCUT2D eigenvalue weighted by atomic mass is 10.1. The van der Waals surface area contributed by atoms with Gasteiger partial charge >= 0.3 is 0 Å². The van der Waals surface area contributed by atoms with Crippen LogP contribution in [-0.4, -0.2) is 25.9 Å². The van der Waals surface area contributed by atoms with E-state index >= 15 is 0 Å². The Balaban J connectivity index is 2.18. The molecule has 1 aliphatic heterocycles. The number of nitrogens with one attached hydrogen (secondary N) is 1. The Hall–Kier alpha value is -0.580. The van der Waals surface area contributed by atoms with Crippen LogP contribution < -0.4 is 11.3 Å². The summed E-state index contributed by atoms with van der Waals surface area (Å²) < 4.78 is 10.7. The van der Waals surface area contributed by atoms with E-state index in [0.29, 0.717) is 0 Å². The molecule has 0 aromatic carbocycles. The number of nitrogens with two attached hydrogens (primary N) is 1. The van der Waals surface area contributed by atoms with Gasteiger partial charge in [-0.15, -0.1) is 0 Å². The predicted molar refractivity (Wildman–Crippen MR) is 55.5 cm³/mol. The minimum absolute atomic E-state index is 0.151. The average molecular weight is 200 g/mol. The fraction of sp³-hybridized carbons (Fsp3) is 0.800. The normalized spacial score (nSPS) is 17.7. The van der Waals surface area contributed by atoms with Crippen molar-refractivity contribution in [3.8, 4) is 0 Å². The Morgan fingerprint density at radius 3 is 3.14 bits per heavy atom. The van der Waals surface area contributed by atoms with Crippen LogP contribution in [0.15, 0.2) is 11.8 Å². The lowest BCUT2D eigenvalue weighted by molar-refractivity contribution is 0.138. The SMILES string of the molecule is CCOCCCC(NN)C1=CCCO1. The van der Waals surface area contributed by atoms with E-state index in [9.17, 15) is 0 Å². The minimum atomic E-state index is 0.151. The van der Waals surface area contributed by atoms with Gasteiger partial charge in [0.15, 0.2) is 0 Å². The quantitative estimate of drug-likeness (QED) is 0.365. The second-order valence-electron chi connectivity index (χ2n) is 3.30. The van der Waals surface area contributed by atoms with Crippen LogP contribution in [0.5, 0.6) is 0 Å². The summed E-state index contributed by atoms with van der Waals surface area (Å²) in [7, 11) is 0. The molecule has 1 unspecified atom stereocenters. The molecule has 1 rings (SSSR count). The topological polar surface area (TPSA) is 56.5 Å². The second-order valence-corrected chi connectivity index (χ2v) is 3.30. The number of ether oxygens (including phenoxy) is 2. The molecule has 0 amide bonds. The van der Waals surface area contributed by atoms with Crippen LogP contribution in [0.1, 0.15) is 26.2 Å². The second kappa shape index (κ2) is 6.81. The fourth-order valence-corrected chi connectivity index (χ4v) is 1.52. The summed E-state index contributed by atoms with van der Waals surface area (Å²) in [5.41, 5.74) is 2.77. The Labute approximate surface area is 85.4 Å². The van der Waals surface area contributed by atoms with Crippen LogP contribution in [0.2, 0.25) is 0 Å². The highest BCUT2D eigenvalue weighted by molar-refractivity contribution is 5.06. The summed E-state index contributed by atoms with van der Waals surface area (Å²) in [6.45, 7) is 4.36. The average Bonchev–Trinajstić information content (AvgIpc) is 2.71. The van der Waals surface area contributed by atoms with Crippen LogP contribution in [0, 0.1) is 0 Å². The van der Waals surface area contributed by atoms with Crippen molar-refractivity contribution >= 4 is 0 Å². The number of hydrogen-bond acceptors (Lipinski definition) is 4. The van der Waals surface area contributed by atoms with E-state index in [1.54, 1.807) is 0 Å². The molecule has 0 fully saturated rings. The van der Waals surface area contributed by atoms with Gasteiger partial charge < -0.3 is 9.47 Å². The zero-order valence-electron chi connectivity index (χ0n) is 8.79. The van der Waals surface area contributed by atoms with E-state index in [0.717, 1.165) is 44.8 Å². The first-order chi connectivity index (χ1) is 6.88. The molecule has 1 heterocycles. The number of hydrogen-bond donors (Lipinski definition) is 2. The highest BCUT2D eigenvalue weighted by Crippen LogP contribution is 2.16. The van der Waals surface area contributed by atoms with Crippen molar-refractivity contribution < 1.29 is 9.47 Å². The minimum Gasteiger partial charge on any atom is -0.496 e. The highest BCUT2D eigenvalue weighted by Gasteiger charge is 2.16. The van der Waals surface area contributed by atoms with E-state index in [-0.39, 0.29) is 6.04 Å². The molecule has 0 spiro atoms. The van der Waals surface area contributed by atoms with Gasteiger partial charge in [-0.1, -0.05) is 0 Å². The van der Waals surface area contributed by atoms with Gasteiger partial charge in [-0.2, -0.15) is 0 Å². The van der Waals surface area contributed by atoms with Gasteiger partial charge in [-0.3, -0.25) is 5.84 Å². The van der Waals surface area contributed by atoms with Crippen molar-refractivity contribution in [2.24, 2.45) is 5.84 Å². The first-order valence-electron chi connectivity index (χ1n) is 5.25. The van der Waals surface area contributed by atoms with Crippen LogP contribution in [-0.2, 0) is 9.47 Å². The third-order valence-corrected chi connectivity index (χ3v) is 2.26. The van der Waals surface area contributed by atoms with E-state index in [2.05, 4.69) is 11.5 Å². The summed E-state index contributed by atoms with van der Waals surface area (Å²) in [5, 5.41) is 0. The number of rotatable bonds is 7. The summed E-state index contributed by atoms with van der Waals surface area (Å²) in [4.78, 5) is 0. The zero-order valence-corrected chi connectivity index (χ0v) is 8.79. The largest absolute Gasteiger partial charge is 0.496 e. The molecule has 0 bridgehead atoms. The Bertz CT molecular complexity index is 183. The molecule has 0 saturated heterocycles. The molecule has 0 aromatic heterocycles. The maximum absolute atomic E-state index is 5.46. The molecule has 0 aliphatic carbocycles. The van der Waals surface area contributed by atoms with Crippen molar-refractivity contribution in [3.05, 3.63) is 11.8 Å². The van der Waals surface area contributed by atoms with Crippen LogP contribution in [0.25, 0.3) is 0 Å². The van der Waals surface area contributed by atoms with E-state index < -0.39 is 0 Å². The Kier molecular flexibility index (Phi) is 5.59. The number of hydrazine groups is 1. The maximum atomic E-state index is 5.46. The van der Waals surface area contributed by atoms with Gasteiger partial charge in [0, 0.05) is 19.6 Å². The molecule has 1 atom stereocenters. The van der Waals surface area contributed by atoms with Gasteiger partial charge in [-0.05, 0) is 25.8 Å². The van der Waals surface area contributed by atoms with Crippen molar-refractivity contribution in [2.45, 2.75) is 32.2 Å². The Morgan fingerprint density at radius 2 is 2.57 bits per heavy atom. The molecule has 4 heteroatoms. The summed E-state index contributed by atoms with van der Waals surface area (Å²) in [5.74, 6) is 6.45. The van der Waals surface area contributed by atoms with Gasteiger partial charge in [-0.25, -0.2) is 5.43 Å². The smallest absolute Gasteiger partial charge is 0.110 e. The fourth-order valence-electron chi connectivity index (χ4n) is 1.52. The molecule has 82 valence electrons. The van der Waals surface area contributed by atoms with Gasteiger partial charge in [0.1, 0.15) is 5.76 Å². The first-order valence-corrected chi connectivity index (χ1v) is 5.25. The molecular formula is C10H20N2O2. The van der Waals surface area contributed by atoms with Crippen molar-refractivity contribution in [1.29, 1.82) is 0 Å². The zero-order chi connectivity index (χ0) is 10.2. The maximum Gasteiger partial charge on any atom is 0.110 e. The van der Waals surface area contributed by atoms with Gasteiger partial charge in [0.05, 0.1) is 12.6 Å². The highest BCUT2D eigenvalue weighted by atomic mass is 16.5. The molecule has 0 radical (unpaired) electrons. The molecule has 4 nitrogen and oxygen atoms in total. The van der Waals surface area contributed by atoms with Crippen LogP contribution >= 0.6 is 0 Å². The monoisotopic (exact) mass is 200 g/mol. The third kappa shape index (κ3) is 3.65. The summed E-state index contributed by atoms with van der Waals surface area (Å²) >= 11 is 0. The van der Waals surface area contributed by atoms with Gasteiger partial charge in [0.25, 0.3) is 0 Å². The molecular weight excluding hydrogens is 180 g/mol. The third-order valence-electron chi connectivity index (χ3n) is 2.26. The summed E-state index contributed by atoms with van der Waals surface area (Å²) in [6, 6.07) is 0.151. The van der Waals surface area contributed by atoms with E-state index in [1.165, 1.54) is 0 Å². The lowest BCUT2D eigenvalue weighted by Gasteiger charge is -2.16.